The van der Waals surface area contributed by atoms with Gasteiger partial charge in [-0.15, -0.1) is 0 Å². The highest BCUT2D eigenvalue weighted by molar-refractivity contribution is 4.88. The second-order valence-electron chi connectivity index (χ2n) is 2.25. The van der Waals surface area contributed by atoms with Gasteiger partial charge in [0.05, 0.1) is 6.73 Å². The fraction of sp³-hybridized carbons (Fsp3) is 1.00. The molecule has 2 heteroatoms. The van der Waals surface area contributed by atoms with E-state index in [2.05, 4.69) is 4.90 Å². The van der Waals surface area contributed by atoms with Crippen LogP contribution >= 0.6 is 0 Å². The van der Waals surface area contributed by atoms with Crippen molar-refractivity contribution in [1.82, 2.24) is 4.90 Å². The second-order valence-corrected chi connectivity index (χ2v) is 2.25. The maximum atomic E-state index is 5.15. The molecule has 2 fully saturated rings. The quantitative estimate of drug-likeness (QED) is 0.398. The molecule has 2 saturated heterocycles. The van der Waals surface area contributed by atoms with E-state index in [-0.39, 0.29) is 0 Å². The maximum Gasteiger partial charge on any atom is 0.0993 e. The van der Waals surface area contributed by atoms with Gasteiger partial charge in [0, 0.05) is 19.2 Å². The largest absolute Gasteiger partial charge is 0.366 e. The first-order chi connectivity index (χ1) is 3.47. The molecule has 2 heterocycles. The van der Waals surface area contributed by atoms with Crippen LogP contribution in [-0.4, -0.2) is 30.8 Å². The lowest BCUT2D eigenvalue weighted by atomic mass is 10.3. The zero-order valence-electron chi connectivity index (χ0n) is 4.26. The number of ether oxygens (including phenoxy) is 1. The maximum absolute atomic E-state index is 5.15. The van der Waals surface area contributed by atoms with Crippen molar-refractivity contribution in [2.45, 2.75) is 12.5 Å². The lowest BCUT2D eigenvalue weighted by Crippen LogP contribution is -2.16. The van der Waals surface area contributed by atoms with Gasteiger partial charge in [0.2, 0.25) is 0 Å². The van der Waals surface area contributed by atoms with Crippen molar-refractivity contribution >= 4 is 0 Å². The zero-order chi connectivity index (χ0) is 4.69. The Bertz CT molecular complexity index is 74.1. The number of nitrogens with zero attached hydrogens (tertiary/aromatic N) is 1. The van der Waals surface area contributed by atoms with Crippen LogP contribution in [0.2, 0.25) is 0 Å². The first kappa shape index (κ1) is 3.87. The molecule has 2 aliphatic rings. The van der Waals surface area contributed by atoms with Crippen molar-refractivity contribution in [3.05, 3.63) is 0 Å². The summed E-state index contributed by atoms with van der Waals surface area (Å²) in [5.74, 6) is 0. The van der Waals surface area contributed by atoms with Gasteiger partial charge in [-0.25, -0.2) is 0 Å². The summed E-state index contributed by atoms with van der Waals surface area (Å²) in [5, 5.41) is 0. The van der Waals surface area contributed by atoms with Crippen LogP contribution in [0.5, 0.6) is 0 Å². The van der Waals surface area contributed by atoms with E-state index in [1.54, 1.807) is 0 Å². The third kappa shape index (κ3) is 0.545. The molecule has 0 aromatic rings. The minimum atomic E-state index is 0.894. The van der Waals surface area contributed by atoms with E-state index >= 15 is 0 Å². The average Bonchev–Trinajstić information content (AvgIpc) is 2.41. The third-order valence-electron chi connectivity index (χ3n) is 1.68. The summed E-state index contributed by atoms with van der Waals surface area (Å²) < 4.78 is 5.15. The van der Waals surface area contributed by atoms with Crippen LogP contribution in [-0.2, 0) is 4.74 Å². The summed E-state index contributed by atoms with van der Waals surface area (Å²) in [6.45, 7) is 3.17. The van der Waals surface area contributed by atoms with Crippen molar-refractivity contribution < 1.29 is 4.74 Å². The highest BCUT2D eigenvalue weighted by Crippen LogP contribution is 2.23. The lowest BCUT2D eigenvalue weighted by molar-refractivity contribution is 0.0452. The van der Waals surface area contributed by atoms with E-state index < -0.39 is 0 Å². The van der Waals surface area contributed by atoms with Crippen LogP contribution in [0.3, 0.4) is 0 Å². The van der Waals surface area contributed by atoms with Gasteiger partial charge in [-0.3, -0.25) is 4.90 Å². The van der Waals surface area contributed by atoms with Gasteiger partial charge in [-0.05, 0) is 6.42 Å². The Kier molecular flexibility index (Phi) is 0.664. The summed E-state index contributed by atoms with van der Waals surface area (Å²) >= 11 is 0. The van der Waals surface area contributed by atoms with E-state index in [1.165, 1.54) is 13.0 Å². The summed E-state index contributed by atoms with van der Waals surface area (Å²) in [5.41, 5.74) is 0. The Hall–Kier alpha value is -0.0800. The first-order valence-corrected chi connectivity index (χ1v) is 2.78. The zero-order valence-corrected chi connectivity index (χ0v) is 4.26. The molecule has 2 rings (SSSR count). The van der Waals surface area contributed by atoms with Crippen molar-refractivity contribution in [2.75, 3.05) is 19.9 Å². The van der Waals surface area contributed by atoms with Crippen LogP contribution < -0.4 is 0 Å². The molecular formula is C5H9NO. The smallest absolute Gasteiger partial charge is 0.0993 e. The predicted molar refractivity (Wildman–Crippen MR) is 25.9 cm³/mol. The molecule has 0 bridgehead atoms. The van der Waals surface area contributed by atoms with Gasteiger partial charge < -0.3 is 4.74 Å². The molecule has 40 valence electrons. The summed E-state index contributed by atoms with van der Waals surface area (Å²) in [6.07, 6.45) is 1.26. The van der Waals surface area contributed by atoms with Crippen LogP contribution in [0.15, 0.2) is 0 Å². The number of hydrogen-bond donors (Lipinski definition) is 0. The number of fused-ring (bicyclic) bond motifs is 1. The third-order valence-corrected chi connectivity index (χ3v) is 1.68. The Balaban J connectivity index is 1.95. The Morgan fingerprint density at radius 2 is 2.57 bits per heavy atom. The first-order valence-electron chi connectivity index (χ1n) is 2.78. The Morgan fingerprint density at radius 3 is 3.14 bits per heavy atom. The molecule has 0 N–H and O–H groups in total. The normalized spacial score (nSPS) is 48.0. The lowest BCUT2D eigenvalue weighted by Gasteiger charge is -2.09. The topological polar surface area (TPSA) is 12.2 Å². The fourth-order valence-electron chi connectivity index (χ4n) is 1.06. The molecule has 0 radical (unpaired) electrons. The van der Waals surface area contributed by atoms with E-state index in [0.29, 0.717) is 0 Å². The molecule has 2 unspecified atom stereocenters. The molecule has 0 spiro atoms. The van der Waals surface area contributed by atoms with Crippen LogP contribution in [0.4, 0.5) is 0 Å². The van der Waals surface area contributed by atoms with Crippen molar-refractivity contribution in [2.24, 2.45) is 0 Å². The molecular weight excluding hydrogens is 90.1 g/mol. The van der Waals surface area contributed by atoms with Crippen LogP contribution in [0, 0.1) is 0 Å². The van der Waals surface area contributed by atoms with E-state index in [0.717, 1.165) is 19.4 Å². The standard InChI is InChI=1S/C5H9NO/c1-2-7-4-6-3-5(1)6/h5H,1-4H2. The Morgan fingerprint density at radius 1 is 1.57 bits per heavy atom. The average molecular weight is 99.1 g/mol. The highest BCUT2D eigenvalue weighted by Gasteiger charge is 2.35. The van der Waals surface area contributed by atoms with Crippen molar-refractivity contribution in [3.63, 3.8) is 0 Å². The number of hydrogen-bond acceptors (Lipinski definition) is 2. The van der Waals surface area contributed by atoms with Gasteiger partial charge >= 0.3 is 0 Å². The van der Waals surface area contributed by atoms with E-state index in [9.17, 15) is 0 Å². The molecule has 2 atom stereocenters. The van der Waals surface area contributed by atoms with Gasteiger partial charge in [0.25, 0.3) is 0 Å². The molecule has 0 aromatic carbocycles. The van der Waals surface area contributed by atoms with Gasteiger partial charge in [0.1, 0.15) is 0 Å². The molecule has 0 aliphatic carbocycles. The predicted octanol–water partition coefficient (Wildman–Crippen LogP) is 0.0484. The van der Waals surface area contributed by atoms with Gasteiger partial charge in [0.15, 0.2) is 0 Å². The fourth-order valence-corrected chi connectivity index (χ4v) is 1.06. The minimum Gasteiger partial charge on any atom is -0.366 e. The van der Waals surface area contributed by atoms with E-state index in [4.69, 9.17) is 4.74 Å². The van der Waals surface area contributed by atoms with Gasteiger partial charge in [-0.1, -0.05) is 0 Å². The van der Waals surface area contributed by atoms with Gasteiger partial charge in [-0.2, -0.15) is 0 Å². The second kappa shape index (κ2) is 1.20. The van der Waals surface area contributed by atoms with Crippen LogP contribution in [0.1, 0.15) is 6.42 Å². The van der Waals surface area contributed by atoms with Crippen LogP contribution in [0.25, 0.3) is 0 Å². The van der Waals surface area contributed by atoms with Crippen molar-refractivity contribution in [3.8, 4) is 0 Å². The molecule has 2 aliphatic heterocycles. The molecule has 0 aromatic heterocycles. The SMILES string of the molecule is C1CC2CN2CO1. The molecule has 7 heavy (non-hydrogen) atoms. The summed E-state index contributed by atoms with van der Waals surface area (Å²) in [7, 11) is 0. The number of rotatable bonds is 0. The minimum absolute atomic E-state index is 0.894. The van der Waals surface area contributed by atoms with Crippen molar-refractivity contribution in [1.29, 1.82) is 0 Å². The Labute approximate surface area is 43.1 Å². The molecule has 2 nitrogen and oxygen atoms in total. The highest BCUT2D eigenvalue weighted by atomic mass is 16.5. The van der Waals surface area contributed by atoms with E-state index in [1.807, 2.05) is 0 Å². The molecule has 0 saturated carbocycles. The molecule has 0 amide bonds. The summed E-state index contributed by atoms with van der Waals surface area (Å²) in [4.78, 5) is 2.34. The monoisotopic (exact) mass is 99.1 g/mol. The summed E-state index contributed by atoms with van der Waals surface area (Å²) in [6, 6.07) is 0.911.